The number of piperidine rings is 1. The second-order valence-corrected chi connectivity index (χ2v) is 11.8. The van der Waals surface area contributed by atoms with Gasteiger partial charge in [-0.25, -0.2) is 8.42 Å². The highest BCUT2D eigenvalue weighted by molar-refractivity contribution is 7.89. The van der Waals surface area contributed by atoms with Crippen LogP contribution < -0.4 is 5.32 Å². The van der Waals surface area contributed by atoms with E-state index in [1.807, 2.05) is 24.3 Å². The Kier molecular flexibility index (Phi) is 7.09. The minimum Gasteiger partial charge on any atom is -0.468 e. The van der Waals surface area contributed by atoms with Crippen LogP contribution in [0.15, 0.2) is 45.9 Å². The van der Waals surface area contributed by atoms with Gasteiger partial charge in [0.25, 0.3) is 0 Å². The predicted octanol–water partition coefficient (Wildman–Crippen LogP) is 3.51. The highest BCUT2D eigenvalue weighted by Crippen LogP contribution is 2.29. The molecule has 0 unspecified atom stereocenters. The number of fused-ring (bicyclic) bond motifs is 1. The number of hydrogen-bond donors (Lipinski definition) is 1. The molecular formula is C26H35N3O4S. The van der Waals surface area contributed by atoms with Crippen LogP contribution in [0.3, 0.4) is 0 Å². The maximum Gasteiger partial charge on any atom is 0.243 e. The van der Waals surface area contributed by atoms with E-state index in [2.05, 4.69) is 10.2 Å². The number of hydrogen-bond acceptors (Lipinski definition) is 5. The molecule has 1 atom stereocenters. The zero-order valence-electron chi connectivity index (χ0n) is 19.7. The summed E-state index contributed by atoms with van der Waals surface area (Å²) in [6.45, 7) is 3.30. The zero-order valence-corrected chi connectivity index (χ0v) is 20.6. The molecule has 0 bridgehead atoms. The molecule has 3 aliphatic rings. The lowest BCUT2D eigenvalue weighted by atomic mass is 9.92. The number of sulfonamides is 1. The molecule has 0 spiro atoms. The van der Waals surface area contributed by atoms with Gasteiger partial charge in [0.2, 0.25) is 15.9 Å². The number of furan rings is 1. The second kappa shape index (κ2) is 10.2. The van der Waals surface area contributed by atoms with Crippen molar-refractivity contribution in [3.05, 3.63) is 53.5 Å². The fourth-order valence-electron chi connectivity index (χ4n) is 5.66. The minimum absolute atomic E-state index is 0.0154. The van der Waals surface area contributed by atoms with Gasteiger partial charge in [-0.1, -0.05) is 6.07 Å². The quantitative estimate of drug-likeness (QED) is 0.649. The Morgan fingerprint density at radius 3 is 2.44 bits per heavy atom. The van der Waals surface area contributed by atoms with Crippen molar-refractivity contribution in [3.8, 4) is 0 Å². The van der Waals surface area contributed by atoms with E-state index in [1.54, 1.807) is 16.6 Å². The van der Waals surface area contributed by atoms with E-state index < -0.39 is 10.0 Å². The Morgan fingerprint density at radius 2 is 1.74 bits per heavy atom. The van der Waals surface area contributed by atoms with E-state index in [1.165, 1.54) is 30.4 Å². The molecule has 2 aromatic rings. The molecule has 5 rings (SSSR count). The molecule has 0 radical (unpaired) electrons. The molecule has 1 aromatic carbocycles. The molecule has 184 valence electrons. The van der Waals surface area contributed by atoms with Gasteiger partial charge in [-0.3, -0.25) is 9.69 Å². The molecule has 7 nitrogen and oxygen atoms in total. The summed E-state index contributed by atoms with van der Waals surface area (Å²) in [6.07, 6.45) is 9.40. The number of likely N-dealkylation sites (tertiary alicyclic amines) is 1. The van der Waals surface area contributed by atoms with Crippen molar-refractivity contribution < 1.29 is 17.6 Å². The van der Waals surface area contributed by atoms with E-state index >= 15 is 0 Å². The molecule has 0 saturated carbocycles. The van der Waals surface area contributed by atoms with Crippen molar-refractivity contribution >= 4 is 15.9 Å². The van der Waals surface area contributed by atoms with Crippen molar-refractivity contribution in [2.24, 2.45) is 5.92 Å². The first-order chi connectivity index (χ1) is 16.5. The molecule has 1 N–H and O–H groups in total. The summed E-state index contributed by atoms with van der Waals surface area (Å²) >= 11 is 0. The van der Waals surface area contributed by atoms with Crippen LogP contribution in [-0.4, -0.2) is 56.3 Å². The van der Waals surface area contributed by atoms with Crippen LogP contribution in [0.5, 0.6) is 0 Å². The normalized spacial score (nSPS) is 21.3. The van der Waals surface area contributed by atoms with Gasteiger partial charge in [-0.15, -0.1) is 0 Å². The summed E-state index contributed by atoms with van der Waals surface area (Å²) in [5, 5.41) is 3.13. The van der Waals surface area contributed by atoms with Gasteiger partial charge in [-0.05, 0) is 99.8 Å². The number of amides is 1. The Hall–Kier alpha value is -2.16. The summed E-state index contributed by atoms with van der Waals surface area (Å²) in [5.41, 5.74) is 2.45. The molecule has 1 aliphatic carbocycles. The Bertz CT molecular complexity index is 1090. The molecule has 1 amide bonds. The van der Waals surface area contributed by atoms with Gasteiger partial charge in [-0.2, -0.15) is 4.31 Å². The van der Waals surface area contributed by atoms with E-state index in [-0.39, 0.29) is 17.9 Å². The number of carbonyl (C=O) groups is 1. The van der Waals surface area contributed by atoms with Gasteiger partial charge in [0.05, 0.1) is 17.2 Å². The van der Waals surface area contributed by atoms with Gasteiger partial charge in [0.15, 0.2) is 0 Å². The first kappa shape index (κ1) is 23.6. The van der Waals surface area contributed by atoms with Crippen LogP contribution in [0, 0.1) is 5.92 Å². The van der Waals surface area contributed by atoms with Crippen LogP contribution in [0.2, 0.25) is 0 Å². The number of rotatable bonds is 7. The third kappa shape index (κ3) is 4.95. The third-order valence-corrected chi connectivity index (χ3v) is 9.60. The molecule has 2 saturated heterocycles. The molecule has 1 aromatic heterocycles. The van der Waals surface area contributed by atoms with Crippen molar-refractivity contribution in [1.29, 1.82) is 0 Å². The van der Waals surface area contributed by atoms with E-state index in [9.17, 15) is 13.2 Å². The first-order valence-electron chi connectivity index (χ1n) is 12.7. The lowest BCUT2D eigenvalue weighted by Crippen LogP contribution is -2.44. The lowest BCUT2D eigenvalue weighted by molar-refractivity contribution is -0.126. The Morgan fingerprint density at radius 1 is 1.00 bits per heavy atom. The zero-order chi connectivity index (χ0) is 23.5. The topological polar surface area (TPSA) is 82.9 Å². The predicted molar refractivity (Wildman–Crippen MR) is 130 cm³/mol. The highest BCUT2D eigenvalue weighted by Gasteiger charge is 2.33. The molecule has 8 heteroatoms. The Balaban J connectivity index is 1.17. The minimum atomic E-state index is -3.53. The third-order valence-electron chi connectivity index (χ3n) is 7.71. The van der Waals surface area contributed by atoms with Gasteiger partial charge in [0.1, 0.15) is 5.76 Å². The number of nitrogens with one attached hydrogen (secondary N) is 1. The van der Waals surface area contributed by atoms with Crippen molar-refractivity contribution in [3.63, 3.8) is 0 Å². The fraction of sp³-hybridized carbons (Fsp3) is 0.577. The van der Waals surface area contributed by atoms with E-state index in [0.717, 1.165) is 38.1 Å². The molecule has 2 aliphatic heterocycles. The van der Waals surface area contributed by atoms with Gasteiger partial charge >= 0.3 is 0 Å². The van der Waals surface area contributed by atoms with Crippen molar-refractivity contribution in [1.82, 2.24) is 14.5 Å². The van der Waals surface area contributed by atoms with Crippen LogP contribution in [0.25, 0.3) is 0 Å². The summed E-state index contributed by atoms with van der Waals surface area (Å²) in [4.78, 5) is 15.7. The van der Waals surface area contributed by atoms with E-state index in [0.29, 0.717) is 37.4 Å². The molecule has 2 fully saturated rings. The Labute approximate surface area is 202 Å². The summed E-state index contributed by atoms with van der Waals surface area (Å²) < 4.78 is 33.7. The van der Waals surface area contributed by atoms with Gasteiger partial charge in [0, 0.05) is 25.6 Å². The first-order valence-corrected chi connectivity index (χ1v) is 14.1. The van der Waals surface area contributed by atoms with Crippen LogP contribution >= 0.6 is 0 Å². The number of aryl methyl sites for hydroxylation is 2. The van der Waals surface area contributed by atoms with Crippen molar-refractivity contribution in [2.75, 3.05) is 32.7 Å². The molecule has 34 heavy (non-hydrogen) atoms. The van der Waals surface area contributed by atoms with Crippen LogP contribution in [0.1, 0.15) is 61.5 Å². The van der Waals surface area contributed by atoms with Crippen LogP contribution in [0.4, 0.5) is 0 Å². The maximum atomic E-state index is 13.3. The van der Waals surface area contributed by atoms with Gasteiger partial charge < -0.3 is 9.73 Å². The second-order valence-electron chi connectivity index (χ2n) is 9.84. The fourth-order valence-corrected chi connectivity index (χ4v) is 7.18. The average molecular weight is 486 g/mol. The SMILES string of the molecule is O=C(NC[C@H](c1ccco1)N1CCCC1)C1CCN(S(=O)(=O)c2ccc3c(c2)CCCC3)CC1. The largest absolute Gasteiger partial charge is 0.468 e. The van der Waals surface area contributed by atoms with Crippen LogP contribution in [-0.2, 0) is 27.7 Å². The van der Waals surface area contributed by atoms with Crippen molar-refractivity contribution in [2.45, 2.75) is 62.3 Å². The summed E-state index contributed by atoms with van der Waals surface area (Å²) in [5.74, 6) is 0.737. The number of benzene rings is 1. The number of nitrogens with zero attached hydrogens (tertiary/aromatic N) is 2. The number of carbonyl (C=O) groups excluding carboxylic acids is 1. The smallest absolute Gasteiger partial charge is 0.243 e. The maximum absolute atomic E-state index is 13.3. The summed E-state index contributed by atoms with van der Waals surface area (Å²) in [7, 11) is -3.53. The lowest BCUT2D eigenvalue weighted by Gasteiger charge is -2.32. The molecule has 3 heterocycles. The highest BCUT2D eigenvalue weighted by atomic mass is 32.2. The summed E-state index contributed by atoms with van der Waals surface area (Å²) in [6, 6.07) is 9.52. The average Bonchev–Trinajstić information content (AvgIpc) is 3.59. The standard InChI is InChI=1S/C26H35N3O4S/c30-26(27-19-24(25-8-5-17-33-25)28-13-3-4-14-28)21-11-15-29(16-12-21)34(31,32)23-10-9-20-6-1-2-7-22(20)18-23/h5,8-10,17-18,21,24H,1-4,6-7,11-16,19H2,(H,27,30)/t24-/m1/s1. The van der Waals surface area contributed by atoms with E-state index in [4.69, 9.17) is 4.42 Å². The molecular weight excluding hydrogens is 450 g/mol. The monoisotopic (exact) mass is 485 g/mol.